The van der Waals surface area contributed by atoms with Gasteiger partial charge in [-0.15, -0.1) is 0 Å². The number of hydrogen-bond acceptors (Lipinski definition) is 3. The summed E-state index contributed by atoms with van der Waals surface area (Å²) < 4.78 is 1.90. The maximum Gasteiger partial charge on any atom is 0.138 e. The van der Waals surface area contributed by atoms with Crippen LogP contribution in [0.2, 0.25) is 0 Å². The van der Waals surface area contributed by atoms with E-state index in [1.165, 1.54) is 12.8 Å². The van der Waals surface area contributed by atoms with E-state index in [1.807, 2.05) is 24.0 Å². The summed E-state index contributed by atoms with van der Waals surface area (Å²) in [6.45, 7) is 0. The molecule has 1 N–H and O–H groups in total. The number of H-pyrrole nitrogens is 1. The fourth-order valence-corrected chi connectivity index (χ4v) is 2.57. The Morgan fingerprint density at radius 1 is 1.40 bits per heavy atom. The molecule has 3 heterocycles. The van der Waals surface area contributed by atoms with E-state index in [9.17, 15) is 0 Å². The molecule has 0 radical (unpaired) electrons. The highest BCUT2D eigenvalue weighted by Gasteiger charge is 2.27. The van der Waals surface area contributed by atoms with Crippen LogP contribution in [0, 0.1) is 11.3 Å². The fourth-order valence-electron chi connectivity index (χ4n) is 2.57. The number of aromatic amines is 1. The topological polar surface area (TPSA) is 70.3 Å². The van der Waals surface area contributed by atoms with Gasteiger partial charge in [0.25, 0.3) is 0 Å². The highest BCUT2D eigenvalue weighted by atomic mass is 15.3. The minimum Gasteiger partial charge on any atom is -0.345 e. The number of fused-ring (bicyclic) bond motifs is 1. The Kier molecular flexibility index (Phi) is 2.21. The first-order valence-electron chi connectivity index (χ1n) is 6.68. The lowest BCUT2D eigenvalue weighted by atomic mass is 10.1. The Bertz CT molecular complexity index is 845. The Hall–Kier alpha value is -2.61. The van der Waals surface area contributed by atoms with Crippen LogP contribution in [0.5, 0.6) is 0 Å². The molecule has 0 saturated heterocycles. The predicted octanol–water partition coefficient (Wildman–Crippen LogP) is 2.71. The van der Waals surface area contributed by atoms with Crippen molar-refractivity contribution in [1.29, 1.82) is 5.26 Å². The molecular formula is C15H13N5. The minimum atomic E-state index is 0.624. The van der Waals surface area contributed by atoms with E-state index in [0.717, 1.165) is 28.0 Å². The average molecular weight is 263 g/mol. The van der Waals surface area contributed by atoms with E-state index in [-0.39, 0.29) is 0 Å². The number of nitrogens with one attached hydrogen (secondary N) is 1. The molecule has 0 spiro atoms. The third-order valence-corrected chi connectivity index (χ3v) is 3.84. The second kappa shape index (κ2) is 3.94. The van der Waals surface area contributed by atoms with E-state index in [1.54, 1.807) is 6.20 Å². The number of aromatic nitrogens is 4. The number of rotatable bonds is 2. The molecule has 5 nitrogen and oxygen atoms in total. The Balaban J connectivity index is 1.87. The molecule has 1 fully saturated rings. The van der Waals surface area contributed by atoms with Gasteiger partial charge in [-0.3, -0.25) is 4.68 Å². The lowest BCUT2D eigenvalue weighted by Crippen LogP contribution is -1.94. The van der Waals surface area contributed by atoms with Crippen molar-refractivity contribution in [2.45, 2.75) is 18.8 Å². The highest BCUT2D eigenvalue weighted by molar-refractivity contribution is 5.86. The minimum absolute atomic E-state index is 0.624. The van der Waals surface area contributed by atoms with Crippen molar-refractivity contribution < 1.29 is 0 Å². The maximum absolute atomic E-state index is 9.11. The van der Waals surface area contributed by atoms with E-state index in [0.29, 0.717) is 11.5 Å². The van der Waals surface area contributed by atoms with Gasteiger partial charge < -0.3 is 4.98 Å². The number of pyridine rings is 1. The van der Waals surface area contributed by atoms with Crippen LogP contribution in [-0.2, 0) is 7.05 Å². The standard InChI is InChI=1S/C15H13N5/c1-20-14(5-13(19-20)9-2-3-9)10-4-12-11(6-16)8-18-15(12)17-7-10/h4-5,7-9H,2-3H2,1H3,(H,17,18). The first kappa shape index (κ1) is 11.2. The summed E-state index contributed by atoms with van der Waals surface area (Å²) >= 11 is 0. The van der Waals surface area contributed by atoms with Crippen LogP contribution >= 0.6 is 0 Å². The van der Waals surface area contributed by atoms with Gasteiger partial charge in [-0.05, 0) is 25.0 Å². The normalized spacial score (nSPS) is 14.6. The lowest BCUT2D eigenvalue weighted by molar-refractivity contribution is 0.750. The molecule has 0 aromatic carbocycles. The zero-order valence-corrected chi connectivity index (χ0v) is 11.1. The zero-order chi connectivity index (χ0) is 13.7. The van der Waals surface area contributed by atoms with E-state index < -0.39 is 0 Å². The molecule has 1 saturated carbocycles. The van der Waals surface area contributed by atoms with Crippen LogP contribution in [-0.4, -0.2) is 19.7 Å². The van der Waals surface area contributed by atoms with Gasteiger partial charge in [-0.2, -0.15) is 10.4 Å². The van der Waals surface area contributed by atoms with Crippen LogP contribution in [0.3, 0.4) is 0 Å². The Morgan fingerprint density at radius 3 is 3.00 bits per heavy atom. The van der Waals surface area contributed by atoms with Crippen molar-refractivity contribution in [2.75, 3.05) is 0 Å². The molecule has 20 heavy (non-hydrogen) atoms. The van der Waals surface area contributed by atoms with E-state index in [2.05, 4.69) is 27.2 Å². The van der Waals surface area contributed by atoms with Crippen molar-refractivity contribution in [1.82, 2.24) is 19.7 Å². The van der Waals surface area contributed by atoms with Gasteiger partial charge in [0.15, 0.2) is 0 Å². The van der Waals surface area contributed by atoms with Gasteiger partial charge in [-0.1, -0.05) is 0 Å². The van der Waals surface area contributed by atoms with E-state index in [4.69, 9.17) is 5.26 Å². The molecule has 0 bridgehead atoms. The van der Waals surface area contributed by atoms with Crippen molar-refractivity contribution >= 4 is 11.0 Å². The van der Waals surface area contributed by atoms with Gasteiger partial charge in [0.05, 0.1) is 17.0 Å². The average Bonchev–Trinajstić information content (AvgIpc) is 3.12. The second-order valence-corrected chi connectivity index (χ2v) is 5.29. The van der Waals surface area contributed by atoms with Crippen LogP contribution in [0.15, 0.2) is 24.5 Å². The van der Waals surface area contributed by atoms with Gasteiger partial charge in [0, 0.05) is 36.3 Å². The monoisotopic (exact) mass is 263 g/mol. The predicted molar refractivity (Wildman–Crippen MR) is 75.0 cm³/mol. The summed E-state index contributed by atoms with van der Waals surface area (Å²) in [5.74, 6) is 0.633. The molecule has 3 aromatic rings. The Labute approximate surface area is 115 Å². The molecule has 0 unspecified atom stereocenters. The molecular weight excluding hydrogens is 250 g/mol. The molecule has 0 atom stereocenters. The smallest absolute Gasteiger partial charge is 0.138 e. The summed E-state index contributed by atoms with van der Waals surface area (Å²) in [5, 5.41) is 14.5. The number of aryl methyl sites for hydroxylation is 1. The number of hydrogen-bond donors (Lipinski definition) is 1. The molecule has 3 aromatic heterocycles. The summed E-state index contributed by atoms with van der Waals surface area (Å²) in [5.41, 5.74) is 4.58. The largest absolute Gasteiger partial charge is 0.345 e. The number of nitriles is 1. The lowest BCUT2D eigenvalue weighted by Gasteiger charge is -2.01. The third-order valence-electron chi connectivity index (χ3n) is 3.84. The van der Waals surface area contributed by atoms with Crippen LogP contribution in [0.25, 0.3) is 22.3 Å². The van der Waals surface area contributed by atoms with Gasteiger partial charge in [-0.25, -0.2) is 4.98 Å². The molecule has 98 valence electrons. The second-order valence-electron chi connectivity index (χ2n) is 5.29. The van der Waals surface area contributed by atoms with Crippen LogP contribution in [0.1, 0.15) is 30.0 Å². The molecule has 5 heteroatoms. The quantitative estimate of drug-likeness (QED) is 0.772. The van der Waals surface area contributed by atoms with Crippen molar-refractivity contribution in [3.05, 3.63) is 35.8 Å². The fraction of sp³-hybridized carbons (Fsp3) is 0.267. The summed E-state index contributed by atoms with van der Waals surface area (Å²) in [6.07, 6.45) is 6.00. The maximum atomic E-state index is 9.11. The molecule has 0 aliphatic heterocycles. The SMILES string of the molecule is Cn1nc(C2CC2)cc1-c1cnc2[nH]cc(C#N)c2c1. The van der Waals surface area contributed by atoms with Crippen molar-refractivity contribution in [3.63, 3.8) is 0 Å². The van der Waals surface area contributed by atoms with Crippen molar-refractivity contribution in [3.8, 4) is 17.3 Å². The summed E-state index contributed by atoms with van der Waals surface area (Å²) in [7, 11) is 1.95. The van der Waals surface area contributed by atoms with Crippen molar-refractivity contribution in [2.24, 2.45) is 7.05 Å². The molecule has 1 aliphatic carbocycles. The Morgan fingerprint density at radius 2 is 2.25 bits per heavy atom. The number of nitrogens with zero attached hydrogens (tertiary/aromatic N) is 4. The van der Waals surface area contributed by atoms with Crippen LogP contribution in [0.4, 0.5) is 0 Å². The van der Waals surface area contributed by atoms with Crippen LogP contribution < -0.4 is 0 Å². The van der Waals surface area contributed by atoms with Gasteiger partial charge in [0.1, 0.15) is 11.7 Å². The summed E-state index contributed by atoms with van der Waals surface area (Å²) in [4.78, 5) is 7.40. The zero-order valence-electron chi connectivity index (χ0n) is 11.1. The van der Waals surface area contributed by atoms with Gasteiger partial charge >= 0.3 is 0 Å². The first-order chi connectivity index (χ1) is 9.76. The highest BCUT2D eigenvalue weighted by Crippen LogP contribution is 2.40. The van der Waals surface area contributed by atoms with Gasteiger partial charge in [0.2, 0.25) is 0 Å². The molecule has 1 aliphatic rings. The molecule has 4 rings (SSSR count). The first-order valence-corrected chi connectivity index (χ1v) is 6.68. The van der Waals surface area contributed by atoms with E-state index >= 15 is 0 Å². The third kappa shape index (κ3) is 1.62. The summed E-state index contributed by atoms with van der Waals surface area (Å²) in [6, 6.07) is 6.33. The molecule has 0 amide bonds.